The highest BCUT2D eigenvalue weighted by Crippen LogP contribution is 2.22. The van der Waals surface area contributed by atoms with E-state index < -0.39 is 22.5 Å². The molecule has 1 aromatic carbocycles. The molecule has 0 atom stereocenters. The molecular formula is C20H22F2N4O5S. The van der Waals surface area contributed by atoms with Crippen molar-refractivity contribution in [2.75, 3.05) is 26.2 Å². The van der Waals surface area contributed by atoms with Gasteiger partial charge < -0.3 is 19.9 Å². The third kappa shape index (κ3) is 5.14. The average molecular weight is 468 g/mol. The Morgan fingerprint density at radius 3 is 2.41 bits per heavy atom. The number of halogens is 2. The Hall–Kier alpha value is -3.25. The minimum atomic E-state index is -3.86. The highest BCUT2D eigenvalue weighted by atomic mass is 32.2. The van der Waals surface area contributed by atoms with Crippen LogP contribution >= 0.6 is 0 Å². The Morgan fingerprint density at radius 2 is 1.81 bits per heavy atom. The summed E-state index contributed by atoms with van der Waals surface area (Å²) < 4.78 is 57.7. The quantitative estimate of drug-likeness (QED) is 0.615. The molecule has 9 nitrogen and oxygen atoms in total. The number of primary amides is 1. The molecular weight excluding hydrogens is 446 g/mol. The summed E-state index contributed by atoms with van der Waals surface area (Å²) in [6.45, 7) is -2.57. The molecule has 2 N–H and O–H groups in total. The fourth-order valence-corrected chi connectivity index (χ4v) is 4.80. The number of para-hydroxylation sites is 1. The number of nitrogens with two attached hydrogens (primary N) is 1. The lowest BCUT2D eigenvalue weighted by Crippen LogP contribution is -2.50. The van der Waals surface area contributed by atoms with Crippen molar-refractivity contribution in [3.05, 3.63) is 53.9 Å². The fraction of sp³-hybridized carbons (Fsp3) is 0.300. The third-order valence-electron chi connectivity index (χ3n) is 4.96. The van der Waals surface area contributed by atoms with Crippen LogP contribution in [-0.2, 0) is 21.9 Å². The smallest absolute Gasteiger partial charge is 0.387 e. The van der Waals surface area contributed by atoms with Crippen LogP contribution in [0.4, 0.5) is 8.78 Å². The molecule has 172 valence electrons. The highest BCUT2D eigenvalue weighted by molar-refractivity contribution is 7.89. The van der Waals surface area contributed by atoms with Gasteiger partial charge in [0.05, 0.1) is 0 Å². The van der Waals surface area contributed by atoms with E-state index in [9.17, 15) is 26.8 Å². The summed E-state index contributed by atoms with van der Waals surface area (Å²) >= 11 is 0. The first-order valence-electron chi connectivity index (χ1n) is 9.56. The summed E-state index contributed by atoms with van der Waals surface area (Å²) in [4.78, 5) is 25.3. The van der Waals surface area contributed by atoms with E-state index in [4.69, 9.17) is 5.73 Å². The molecule has 1 saturated heterocycles. The number of aromatic nitrogens is 1. The largest absolute Gasteiger partial charge is 0.434 e. The van der Waals surface area contributed by atoms with Crippen molar-refractivity contribution in [3.8, 4) is 5.75 Å². The van der Waals surface area contributed by atoms with Gasteiger partial charge in [0, 0.05) is 51.1 Å². The number of aryl methyl sites for hydroxylation is 1. The Bertz CT molecular complexity index is 1140. The maximum Gasteiger partial charge on any atom is 0.387 e. The molecule has 1 fully saturated rings. The van der Waals surface area contributed by atoms with Crippen LogP contribution in [0.15, 0.2) is 47.5 Å². The molecule has 0 radical (unpaired) electrons. The molecule has 32 heavy (non-hydrogen) atoms. The molecule has 1 aliphatic heterocycles. The molecule has 12 heteroatoms. The number of alkyl halides is 2. The first-order chi connectivity index (χ1) is 15.1. The van der Waals surface area contributed by atoms with Crippen molar-refractivity contribution in [1.29, 1.82) is 0 Å². The van der Waals surface area contributed by atoms with E-state index in [1.165, 1.54) is 63.4 Å². The van der Waals surface area contributed by atoms with Crippen LogP contribution in [0.5, 0.6) is 5.75 Å². The summed E-state index contributed by atoms with van der Waals surface area (Å²) in [5.74, 6) is -1.18. The number of hydrogen-bond acceptors (Lipinski definition) is 5. The first-order valence-corrected chi connectivity index (χ1v) is 11.0. The van der Waals surface area contributed by atoms with E-state index in [0.717, 1.165) is 0 Å². The van der Waals surface area contributed by atoms with Crippen LogP contribution < -0.4 is 10.5 Å². The average Bonchev–Trinajstić information content (AvgIpc) is 3.15. The number of hydrogen-bond donors (Lipinski definition) is 1. The number of sulfonamides is 1. The Morgan fingerprint density at radius 1 is 1.16 bits per heavy atom. The van der Waals surface area contributed by atoms with Crippen LogP contribution in [0.25, 0.3) is 6.08 Å². The maximum atomic E-state index is 12.9. The number of nitrogens with zero attached hydrogens (tertiary/aromatic N) is 3. The number of benzene rings is 1. The van der Waals surface area contributed by atoms with Gasteiger partial charge in [-0.3, -0.25) is 9.59 Å². The van der Waals surface area contributed by atoms with Gasteiger partial charge in [0.2, 0.25) is 15.9 Å². The van der Waals surface area contributed by atoms with E-state index in [0.29, 0.717) is 5.56 Å². The van der Waals surface area contributed by atoms with Crippen LogP contribution in [0.3, 0.4) is 0 Å². The lowest BCUT2D eigenvalue weighted by Gasteiger charge is -2.33. The molecule has 2 heterocycles. The van der Waals surface area contributed by atoms with Crippen LogP contribution in [0.2, 0.25) is 0 Å². The summed E-state index contributed by atoms with van der Waals surface area (Å²) in [5.41, 5.74) is 5.63. The molecule has 1 aromatic heterocycles. The predicted octanol–water partition coefficient (Wildman–Crippen LogP) is 1.27. The van der Waals surface area contributed by atoms with E-state index >= 15 is 0 Å². The summed E-state index contributed by atoms with van der Waals surface area (Å²) in [5, 5.41) is 0. The molecule has 0 unspecified atom stereocenters. The molecule has 0 aliphatic carbocycles. The van der Waals surface area contributed by atoms with Gasteiger partial charge >= 0.3 is 6.61 Å². The topological polar surface area (TPSA) is 115 Å². The van der Waals surface area contributed by atoms with Gasteiger partial charge in [-0.05, 0) is 18.2 Å². The lowest BCUT2D eigenvalue weighted by atomic mass is 10.2. The number of ether oxygens (including phenoxy) is 1. The van der Waals surface area contributed by atoms with Gasteiger partial charge in [-0.25, -0.2) is 8.42 Å². The SMILES string of the molecule is Cn1cc(S(=O)(=O)N2CCN(C(=O)/C=C/c3ccccc3OC(F)F)CC2)cc1C(N)=O. The number of rotatable bonds is 7. The van der Waals surface area contributed by atoms with Gasteiger partial charge in [-0.1, -0.05) is 18.2 Å². The predicted molar refractivity (Wildman–Crippen MR) is 111 cm³/mol. The second-order valence-corrected chi connectivity index (χ2v) is 8.95. The summed E-state index contributed by atoms with van der Waals surface area (Å²) in [7, 11) is -2.34. The van der Waals surface area contributed by atoms with Gasteiger partial charge in [0.1, 0.15) is 16.3 Å². The van der Waals surface area contributed by atoms with Crippen molar-refractivity contribution >= 4 is 27.9 Å². The molecule has 0 saturated carbocycles. The Balaban J connectivity index is 1.64. The maximum absolute atomic E-state index is 12.9. The van der Waals surface area contributed by atoms with E-state index in [2.05, 4.69) is 4.74 Å². The molecule has 2 amide bonds. The standard InChI is InChI=1S/C20H22F2N4O5S/c1-24-13-15(12-16(24)19(23)28)32(29,30)26-10-8-25(9-11-26)18(27)7-6-14-4-2-3-5-17(14)31-20(21)22/h2-7,12-13,20H,8-11H2,1H3,(H2,23,28)/b7-6+. The second kappa shape index (κ2) is 9.49. The second-order valence-electron chi connectivity index (χ2n) is 7.02. The minimum Gasteiger partial charge on any atom is -0.434 e. The number of carbonyl (C=O) groups excluding carboxylic acids is 2. The first kappa shape index (κ1) is 23.4. The van der Waals surface area contributed by atoms with E-state index in [1.807, 2.05) is 0 Å². The van der Waals surface area contributed by atoms with Crippen molar-refractivity contribution in [2.24, 2.45) is 12.8 Å². The monoisotopic (exact) mass is 468 g/mol. The van der Waals surface area contributed by atoms with Crippen LogP contribution in [0, 0.1) is 0 Å². The molecule has 0 spiro atoms. The van der Waals surface area contributed by atoms with Crippen molar-refractivity contribution in [2.45, 2.75) is 11.5 Å². The molecule has 2 aromatic rings. The zero-order chi connectivity index (χ0) is 23.5. The van der Waals surface area contributed by atoms with E-state index in [-0.39, 0.29) is 48.4 Å². The number of carbonyl (C=O) groups is 2. The molecule has 1 aliphatic rings. The van der Waals surface area contributed by atoms with Crippen molar-refractivity contribution < 1.29 is 31.5 Å². The van der Waals surface area contributed by atoms with Gasteiger partial charge in [0.25, 0.3) is 5.91 Å². The van der Waals surface area contributed by atoms with Crippen molar-refractivity contribution in [1.82, 2.24) is 13.8 Å². The molecule has 0 bridgehead atoms. The lowest BCUT2D eigenvalue weighted by molar-refractivity contribution is -0.127. The molecule has 3 rings (SSSR count). The number of piperazine rings is 1. The van der Waals surface area contributed by atoms with Gasteiger partial charge in [-0.2, -0.15) is 13.1 Å². The van der Waals surface area contributed by atoms with Crippen LogP contribution in [-0.4, -0.2) is 66.8 Å². The minimum absolute atomic E-state index is 0.0518. The number of amides is 2. The zero-order valence-electron chi connectivity index (χ0n) is 17.1. The highest BCUT2D eigenvalue weighted by Gasteiger charge is 2.31. The zero-order valence-corrected chi connectivity index (χ0v) is 18.0. The summed E-state index contributed by atoms with van der Waals surface area (Å²) in [6.07, 6.45) is 3.92. The Labute approximate surface area is 183 Å². The van der Waals surface area contributed by atoms with Gasteiger partial charge in [0.15, 0.2) is 0 Å². The third-order valence-corrected chi connectivity index (χ3v) is 6.82. The van der Waals surface area contributed by atoms with Gasteiger partial charge in [-0.15, -0.1) is 0 Å². The van der Waals surface area contributed by atoms with E-state index in [1.54, 1.807) is 6.07 Å². The van der Waals surface area contributed by atoms with Crippen LogP contribution in [0.1, 0.15) is 16.1 Å². The fourth-order valence-electron chi connectivity index (χ4n) is 3.31. The Kier molecular flexibility index (Phi) is 6.94. The summed E-state index contributed by atoms with van der Waals surface area (Å²) in [6, 6.07) is 7.28. The van der Waals surface area contributed by atoms with Crippen molar-refractivity contribution in [3.63, 3.8) is 0 Å². The normalized spacial score (nSPS) is 15.4.